The second kappa shape index (κ2) is 9.55. The molecule has 2 aromatic carbocycles. The van der Waals surface area contributed by atoms with Crippen molar-refractivity contribution in [3.8, 4) is 11.8 Å². The molecule has 2 rings (SSSR count). The van der Waals surface area contributed by atoms with Crippen LogP contribution in [0.1, 0.15) is 11.1 Å². The molecule has 0 heterocycles. The fourth-order valence-corrected chi connectivity index (χ4v) is 2.58. The molecule has 0 fully saturated rings. The van der Waals surface area contributed by atoms with Crippen molar-refractivity contribution in [2.45, 2.75) is 6.92 Å². The highest BCUT2D eigenvalue weighted by Crippen LogP contribution is 2.27. The molecule has 0 saturated carbocycles. The molecule has 2 aromatic rings. The van der Waals surface area contributed by atoms with Crippen molar-refractivity contribution < 1.29 is 19.1 Å². The van der Waals surface area contributed by atoms with Crippen LogP contribution in [-0.4, -0.2) is 25.6 Å². The maximum atomic E-state index is 12.3. The van der Waals surface area contributed by atoms with Crippen LogP contribution in [0.15, 0.2) is 52.5 Å². The first-order valence-electron chi connectivity index (χ1n) is 7.92. The minimum atomic E-state index is -0.497. The smallest absolute Gasteiger partial charge is 0.343 e. The van der Waals surface area contributed by atoms with E-state index in [1.165, 1.54) is 13.2 Å². The highest BCUT2D eigenvalue weighted by Gasteiger charge is 2.11. The molecule has 0 aliphatic heterocycles. The molecular formula is C20H17BrN2O4. The van der Waals surface area contributed by atoms with E-state index in [0.717, 1.165) is 5.56 Å². The number of hydrogen-bond donors (Lipinski definition) is 1. The Morgan fingerprint density at radius 1 is 1.22 bits per heavy atom. The SMILES string of the molecule is COC(=O)COc1ccc(C=C(C#N)C(=O)Nc2ccc(C)cc2)cc1Br. The molecule has 0 saturated heterocycles. The van der Waals surface area contributed by atoms with Gasteiger partial charge in [-0.05, 0) is 58.8 Å². The van der Waals surface area contributed by atoms with Gasteiger partial charge in [0.1, 0.15) is 17.4 Å². The number of nitriles is 1. The van der Waals surface area contributed by atoms with E-state index in [4.69, 9.17) is 4.74 Å². The Morgan fingerprint density at radius 2 is 1.93 bits per heavy atom. The van der Waals surface area contributed by atoms with Gasteiger partial charge in [0.2, 0.25) is 0 Å². The molecule has 6 nitrogen and oxygen atoms in total. The molecule has 27 heavy (non-hydrogen) atoms. The van der Waals surface area contributed by atoms with Gasteiger partial charge in [0, 0.05) is 5.69 Å². The van der Waals surface area contributed by atoms with Crippen LogP contribution in [0.5, 0.6) is 5.75 Å². The van der Waals surface area contributed by atoms with Crippen LogP contribution in [0.25, 0.3) is 6.08 Å². The number of halogens is 1. The fourth-order valence-electron chi connectivity index (χ4n) is 2.07. The summed E-state index contributed by atoms with van der Waals surface area (Å²) in [7, 11) is 1.28. The number of carbonyl (C=O) groups excluding carboxylic acids is 2. The number of benzene rings is 2. The van der Waals surface area contributed by atoms with Gasteiger partial charge < -0.3 is 14.8 Å². The molecule has 7 heteroatoms. The maximum Gasteiger partial charge on any atom is 0.343 e. The third-order valence-corrected chi connectivity index (χ3v) is 4.13. The van der Waals surface area contributed by atoms with Crippen molar-refractivity contribution in [3.63, 3.8) is 0 Å². The van der Waals surface area contributed by atoms with Gasteiger partial charge in [-0.15, -0.1) is 0 Å². The lowest BCUT2D eigenvalue weighted by atomic mass is 10.1. The summed E-state index contributed by atoms with van der Waals surface area (Å²) in [6.45, 7) is 1.73. The van der Waals surface area contributed by atoms with Crippen molar-refractivity contribution in [1.29, 1.82) is 5.26 Å². The molecule has 1 amide bonds. The molecule has 0 radical (unpaired) electrons. The summed E-state index contributed by atoms with van der Waals surface area (Å²) in [5.74, 6) is -0.547. The molecular weight excluding hydrogens is 412 g/mol. The van der Waals surface area contributed by atoms with Crippen molar-refractivity contribution in [1.82, 2.24) is 0 Å². The summed E-state index contributed by atoms with van der Waals surface area (Å²) in [4.78, 5) is 23.4. The predicted octanol–water partition coefficient (Wildman–Crippen LogP) is 3.86. The number of rotatable bonds is 6. The summed E-state index contributed by atoms with van der Waals surface area (Å²) in [5, 5.41) is 12.0. The van der Waals surface area contributed by atoms with Gasteiger partial charge in [-0.25, -0.2) is 4.79 Å². The lowest BCUT2D eigenvalue weighted by molar-refractivity contribution is -0.142. The van der Waals surface area contributed by atoms with E-state index in [2.05, 4.69) is 26.0 Å². The molecule has 0 bridgehead atoms. The Kier molecular flexibility index (Phi) is 7.15. The molecule has 1 N–H and O–H groups in total. The Balaban J connectivity index is 2.13. The number of esters is 1. The Bertz CT molecular complexity index is 915. The van der Waals surface area contributed by atoms with Gasteiger partial charge in [-0.3, -0.25) is 4.79 Å². The topological polar surface area (TPSA) is 88.4 Å². The van der Waals surface area contributed by atoms with Crippen LogP contribution >= 0.6 is 15.9 Å². The van der Waals surface area contributed by atoms with Gasteiger partial charge in [0.25, 0.3) is 5.91 Å². The third kappa shape index (κ3) is 5.97. The zero-order valence-corrected chi connectivity index (χ0v) is 16.4. The third-order valence-electron chi connectivity index (χ3n) is 3.51. The fraction of sp³-hybridized carbons (Fsp3) is 0.150. The predicted molar refractivity (Wildman–Crippen MR) is 105 cm³/mol. The van der Waals surface area contributed by atoms with Crippen LogP contribution in [0.3, 0.4) is 0 Å². The number of nitrogens with one attached hydrogen (secondary N) is 1. The van der Waals surface area contributed by atoms with E-state index in [1.807, 2.05) is 25.1 Å². The van der Waals surface area contributed by atoms with Gasteiger partial charge in [-0.1, -0.05) is 23.8 Å². The first-order valence-corrected chi connectivity index (χ1v) is 8.71. The minimum absolute atomic E-state index is 0.0364. The molecule has 138 valence electrons. The van der Waals surface area contributed by atoms with Gasteiger partial charge in [0.05, 0.1) is 11.6 Å². The Morgan fingerprint density at radius 3 is 2.52 bits per heavy atom. The summed E-state index contributed by atoms with van der Waals surface area (Å²) >= 11 is 3.34. The average Bonchev–Trinajstić information content (AvgIpc) is 2.66. The highest BCUT2D eigenvalue weighted by molar-refractivity contribution is 9.10. The summed E-state index contributed by atoms with van der Waals surface area (Å²) in [6.07, 6.45) is 1.47. The van der Waals surface area contributed by atoms with Crippen molar-refractivity contribution >= 4 is 39.6 Å². The lowest BCUT2D eigenvalue weighted by Crippen LogP contribution is -2.13. The number of aryl methyl sites for hydroxylation is 1. The first-order chi connectivity index (χ1) is 12.9. The Hall–Kier alpha value is -3.11. The Labute approximate surface area is 165 Å². The molecule has 0 aliphatic rings. The van der Waals surface area contributed by atoms with E-state index < -0.39 is 11.9 Å². The zero-order chi connectivity index (χ0) is 19.8. The van der Waals surface area contributed by atoms with E-state index in [9.17, 15) is 14.9 Å². The van der Waals surface area contributed by atoms with Gasteiger partial charge in [0.15, 0.2) is 6.61 Å². The van der Waals surface area contributed by atoms with Crippen molar-refractivity contribution in [2.75, 3.05) is 19.0 Å². The number of amides is 1. The van der Waals surface area contributed by atoms with Crippen molar-refractivity contribution in [2.24, 2.45) is 0 Å². The highest BCUT2D eigenvalue weighted by atomic mass is 79.9. The van der Waals surface area contributed by atoms with Crippen LogP contribution in [0.2, 0.25) is 0 Å². The number of ether oxygens (including phenoxy) is 2. The summed E-state index contributed by atoms with van der Waals surface area (Å²) in [6, 6.07) is 14.2. The zero-order valence-electron chi connectivity index (χ0n) is 14.8. The minimum Gasteiger partial charge on any atom is -0.481 e. The molecule has 0 atom stereocenters. The number of carbonyl (C=O) groups is 2. The summed E-state index contributed by atoms with van der Waals surface area (Å²) in [5.41, 5.74) is 2.27. The maximum absolute atomic E-state index is 12.3. The number of nitrogens with zero attached hydrogens (tertiary/aromatic N) is 1. The molecule has 0 spiro atoms. The first kappa shape index (κ1) is 20.2. The number of hydrogen-bond acceptors (Lipinski definition) is 5. The van der Waals surface area contributed by atoms with E-state index >= 15 is 0 Å². The van der Waals surface area contributed by atoms with Gasteiger partial charge in [-0.2, -0.15) is 5.26 Å². The second-order valence-electron chi connectivity index (χ2n) is 5.54. The van der Waals surface area contributed by atoms with E-state index in [0.29, 0.717) is 21.5 Å². The quantitative estimate of drug-likeness (QED) is 0.428. The van der Waals surface area contributed by atoms with Gasteiger partial charge >= 0.3 is 5.97 Å². The van der Waals surface area contributed by atoms with Crippen LogP contribution in [0, 0.1) is 18.3 Å². The van der Waals surface area contributed by atoms with Crippen LogP contribution < -0.4 is 10.1 Å². The van der Waals surface area contributed by atoms with E-state index in [1.54, 1.807) is 30.3 Å². The molecule has 0 aromatic heterocycles. The normalized spacial score (nSPS) is 10.7. The standard InChI is InChI=1S/C20H17BrN2O4/c1-13-3-6-16(7-4-13)23-20(25)15(11-22)9-14-5-8-18(17(21)10-14)27-12-19(24)26-2/h3-10H,12H2,1-2H3,(H,23,25). The van der Waals surface area contributed by atoms with Crippen LogP contribution in [-0.2, 0) is 14.3 Å². The number of anilines is 1. The van der Waals surface area contributed by atoms with Crippen LogP contribution in [0.4, 0.5) is 5.69 Å². The average molecular weight is 429 g/mol. The lowest BCUT2D eigenvalue weighted by Gasteiger charge is -2.08. The molecule has 0 unspecified atom stereocenters. The van der Waals surface area contributed by atoms with E-state index in [-0.39, 0.29) is 12.2 Å². The van der Waals surface area contributed by atoms with Crippen molar-refractivity contribution in [3.05, 3.63) is 63.6 Å². The molecule has 0 aliphatic carbocycles. The monoisotopic (exact) mass is 428 g/mol. The largest absolute Gasteiger partial charge is 0.481 e. The number of methoxy groups -OCH3 is 1. The summed E-state index contributed by atoms with van der Waals surface area (Å²) < 4.78 is 10.4. The second-order valence-corrected chi connectivity index (χ2v) is 6.40.